The average Bonchev–Trinajstić information content (AvgIpc) is 3.21. The number of anilines is 1. The van der Waals surface area contributed by atoms with Crippen molar-refractivity contribution < 1.29 is 18.9 Å². The highest BCUT2D eigenvalue weighted by atomic mass is 35.5. The molecule has 1 amide bonds. The summed E-state index contributed by atoms with van der Waals surface area (Å²) >= 11 is 5.81. The molecule has 30 heavy (non-hydrogen) atoms. The van der Waals surface area contributed by atoms with Crippen LogP contribution in [0.4, 0.5) is 11.4 Å². The van der Waals surface area contributed by atoms with Gasteiger partial charge in [0.15, 0.2) is 0 Å². The van der Waals surface area contributed by atoms with E-state index in [1.165, 1.54) is 31.4 Å². The number of furan rings is 1. The Morgan fingerprint density at radius 1 is 1.23 bits per heavy atom. The number of nitro benzene ring substituents is 1. The second-order valence-corrected chi connectivity index (χ2v) is 6.41. The number of nitro groups is 1. The summed E-state index contributed by atoms with van der Waals surface area (Å²) in [5.74, 6) is 0.275. The molecule has 0 aliphatic carbocycles. The number of nitrogens with zero attached hydrogens (tertiary/aromatic N) is 2. The van der Waals surface area contributed by atoms with Crippen LogP contribution in [-0.2, 0) is 4.79 Å². The first-order chi connectivity index (χ1) is 14.4. The van der Waals surface area contributed by atoms with E-state index in [1.807, 2.05) is 6.07 Å². The number of rotatable bonds is 6. The number of ether oxygens (including phenoxy) is 1. The zero-order valence-corrected chi connectivity index (χ0v) is 16.3. The van der Waals surface area contributed by atoms with Gasteiger partial charge >= 0.3 is 0 Å². The molecule has 8 nitrogen and oxygen atoms in total. The van der Waals surface area contributed by atoms with Crippen molar-refractivity contribution in [2.45, 2.75) is 0 Å². The normalized spacial score (nSPS) is 10.9. The molecule has 0 aliphatic heterocycles. The minimum absolute atomic E-state index is 0.118. The van der Waals surface area contributed by atoms with E-state index >= 15 is 0 Å². The lowest BCUT2D eigenvalue weighted by Crippen LogP contribution is -2.13. The van der Waals surface area contributed by atoms with Crippen LogP contribution in [0.3, 0.4) is 0 Å². The van der Waals surface area contributed by atoms with Gasteiger partial charge in [-0.15, -0.1) is 0 Å². The maximum absolute atomic E-state index is 12.4. The maximum atomic E-state index is 12.4. The highest BCUT2D eigenvalue weighted by Crippen LogP contribution is 2.34. The lowest BCUT2D eigenvalue weighted by atomic mass is 10.1. The molecule has 150 valence electrons. The van der Waals surface area contributed by atoms with E-state index in [0.29, 0.717) is 22.0 Å². The van der Waals surface area contributed by atoms with E-state index in [4.69, 9.17) is 20.8 Å². The van der Waals surface area contributed by atoms with Crippen LogP contribution in [0.5, 0.6) is 5.75 Å². The van der Waals surface area contributed by atoms with Crippen LogP contribution in [0, 0.1) is 21.4 Å². The molecule has 0 radical (unpaired) electrons. The van der Waals surface area contributed by atoms with Crippen LogP contribution in [-0.4, -0.2) is 17.9 Å². The molecule has 0 bridgehead atoms. The Hall–Kier alpha value is -4.09. The third-order valence-corrected chi connectivity index (χ3v) is 4.29. The number of halogens is 1. The summed E-state index contributed by atoms with van der Waals surface area (Å²) in [5, 5.41) is 23.4. The summed E-state index contributed by atoms with van der Waals surface area (Å²) in [6.45, 7) is 0. The van der Waals surface area contributed by atoms with Gasteiger partial charge in [0.25, 0.3) is 11.6 Å². The fourth-order valence-corrected chi connectivity index (χ4v) is 2.72. The van der Waals surface area contributed by atoms with E-state index in [1.54, 1.807) is 36.4 Å². The largest absolute Gasteiger partial charge is 0.496 e. The minimum Gasteiger partial charge on any atom is -0.496 e. The molecule has 1 aromatic heterocycles. The number of hydrogen-bond acceptors (Lipinski definition) is 6. The molecule has 0 fully saturated rings. The highest BCUT2D eigenvalue weighted by Gasteiger charge is 2.16. The molecule has 2 aromatic carbocycles. The van der Waals surface area contributed by atoms with Crippen molar-refractivity contribution in [2.75, 3.05) is 12.4 Å². The first-order valence-corrected chi connectivity index (χ1v) is 8.90. The Labute approximate surface area is 176 Å². The number of hydrogen-bond donors (Lipinski definition) is 1. The highest BCUT2D eigenvalue weighted by molar-refractivity contribution is 6.30. The fraction of sp³-hybridized carbons (Fsp3) is 0.0476. The first kappa shape index (κ1) is 20.6. The van der Waals surface area contributed by atoms with E-state index in [9.17, 15) is 20.2 Å². The molecular weight excluding hydrogens is 410 g/mol. The molecule has 0 saturated heterocycles. The monoisotopic (exact) mass is 423 g/mol. The van der Waals surface area contributed by atoms with Gasteiger partial charge in [-0.1, -0.05) is 11.6 Å². The van der Waals surface area contributed by atoms with Crippen LogP contribution in [0.25, 0.3) is 17.4 Å². The van der Waals surface area contributed by atoms with Gasteiger partial charge < -0.3 is 14.5 Å². The molecule has 9 heteroatoms. The van der Waals surface area contributed by atoms with Crippen molar-refractivity contribution in [1.82, 2.24) is 0 Å². The summed E-state index contributed by atoms with van der Waals surface area (Å²) in [6.07, 6.45) is 1.30. The predicted molar refractivity (Wildman–Crippen MR) is 111 cm³/mol. The Balaban J connectivity index is 1.85. The molecule has 0 spiro atoms. The Morgan fingerprint density at radius 2 is 1.97 bits per heavy atom. The average molecular weight is 424 g/mol. The number of carbonyl (C=O) groups is 1. The number of carbonyl (C=O) groups excluding carboxylic acids is 1. The smallest absolute Gasteiger partial charge is 0.273 e. The van der Waals surface area contributed by atoms with Crippen LogP contribution < -0.4 is 10.1 Å². The molecule has 1 heterocycles. The van der Waals surface area contributed by atoms with E-state index < -0.39 is 10.8 Å². The van der Waals surface area contributed by atoms with Gasteiger partial charge in [0.2, 0.25) is 0 Å². The molecule has 3 rings (SSSR count). The maximum Gasteiger partial charge on any atom is 0.273 e. The lowest BCUT2D eigenvalue weighted by Gasteiger charge is -2.06. The number of nitriles is 1. The second kappa shape index (κ2) is 8.94. The van der Waals surface area contributed by atoms with Crippen LogP contribution in [0.2, 0.25) is 5.02 Å². The summed E-state index contributed by atoms with van der Waals surface area (Å²) in [7, 11) is 1.39. The molecule has 0 atom stereocenters. The molecule has 0 unspecified atom stereocenters. The Bertz CT molecular complexity index is 1180. The molecule has 0 saturated carbocycles. The summed E-state index contributed by atoms with van der Waals surface area (Å²) in [6, 6.07) is 15.6. The van der Waals surface area contributed by atoms with Gasteiger partial charge in [-0.05, 0) is 42.5 Å². The van der Waals surface area contributed by atoms with Crippen molar-refractivity contribution in [3.05, 3.63) is 81.1 Å². The SMILES string of the molecule is COc1cc([N+](=O)[O-])ccc1-c1ccc(/C=C(/C#N)C(=O)Nc2ccc(Cl)cc2)o1. The van der Waals surface area contributed by atoms with Crippen molar-refractivity contribution in [3.63, 3.8) is 0 Å². The number of nitrogens with one attached hydrogen (secondary N) is 1. The quantitative estimate of drug-likeness (QED) is 0.256. The molecule has 3 aromatic rings. The Kier molecular flexibility index (Phi) is 6.15. The zero-order valence-electron chi connectivity index (χ0n) is 15.6. The lowest BCUT2D eigenvalue weighted by molar-refractivity contribution is -0.384. The predicted octanol–water partition coefficient (Wildman–Crippen LogP) is 5.06. The Morgan fingerprint density at radius 3 is 2.60 bits per heavy atom. The van der Waals surface area contributed by atoms with E-state index in [2.05, 4.69) is 5.32 Å². The van der Waals surface area contributed by atoms with Crippen LogP contribution >= 0.6 is 11.6 Å². The van der Waals surface area contributed by atoms with Gasteiger partial charge in [0.05, 0.1) is 23.7 Å². The van der Waals surface area contributed by atoms with Gasteiger partial charge in [-0.3, -0.25) is 14.9 Å². The second-order valence-electron chi connectivity index (χ2n) is 5.97. The van der Waals surface area contributed by atoms with Gasteiger partial charge in [-0.25, -0.2) is 0 Å². The summed E-state index contributed by atoms with van der Waals surface area (Å²) < 4.78 is 10.9. The minimum atomic E-state index is -0.606. The zero-order chi connectivity index (χ0) is 21.7. The topological polar surface area (TPSA) is 118 Å². The first-order valence-electron chi connectivity index (χ1n) is 8.52. The summed E-state index contributed by atoms with van der Waals surface area (Å²) in [5.41, 5.74) is 0.697. The third kappa shape index (κ3) is 4.66. The van der Waals surface area contributed by atoms with Gasteiger partial charge in [-0.2, -0.15) is 5.26 Å². The molecule has 1 N–H and O–H groups in total. The van der Waals surface area contributed by atoms with Crippen LogP contribution in [0.1, 0.15) is 5.76 Å². The van der Waals surface area contributed by atoms with E-state index in [-0.39, 0.29) is 22.8 Å². The van der Waals surface area contributed by atoms with Crippen molar-refractivity contribution in [3.8, 4) is 23.1 Å². The fourth-order valence-electron chi connectivity index (χ4n) is 2.59. The molecule has 0 aliphatic rings. The number of benzene rings is 2. The van der Waals surface area contributed by atoms with Crippen molar-refractivity contribution >= 4 is 35.0 Å². The number of methoxy groups -OCH3 is 1. The van der Waals surface area contributed by atoms with Crippen molar-refractivity contribution in [1.29, 1.82) is 5.26 Å². The summed E-state index contributed by atoms with van der Waals surface area (Å²) in [4.78, 5) is 22.8. The van der Waals surface area contributed by atoms with Gasteiger partial charge in [0.1, 0.15) is 28.9 Å². The van der Waals surface area contributed by atoms with E-state index in [0.717, 1.165) is 0 Å². The van der Waals surface area contributed by atoms with Crippen LogP contribution in [0.15, 0.2) is 64.6 Å². The third-order valence-electron chi connectivity index (χ3n) is 4.04. The number of non-ortho nitro benzene ring substituents is 1. The molecular formula is C21H14ClN3O5. The number of amides is 1. The van der Waals surface area contributed by atoms with Crippen molar-refractivity contribution in [2.24, 2.45) is 0 Å². The standard InChI is InChI=1S/C21H14ClN3O5/c1-29-20-11-16(25(27)28)6-8-18(20)19-9-7-17(30-19)10-13(12-23)21(26)24-15-4-2-14(22)3-5-15/h2-11H,1H3,(H,24,26)/b13-10-. The van der Waals surface area contributed by atoms with Gasteiger partial charge in [0, 0.05) is 22.9 Å².